The highest BCUT2D eigenvalue weighted by molar-refractivity contribution is 5.80. The van der Waals surface area contributed by atoms with E-state index < -0.39 is 0 Å². The lowest BCUT2D eigenvalue weighted by Crippen LogP contribution is -2.37. The molecular formula is C16H22N2O3. The molecule has 0 bridgehead atoms. The fourth-order valence-electron chi connectivity index (χ4n) is 2.20. The molecule has 0 aliphatic carbocycles. The maximum Gasteiger partial charge on any atom is 0.260 e. The number of benzene rings is 1. The van der Waals surface area contributed by atoms with Crippen LogP contribution in [0.2, 0.25) is 0 Å². The Hall–Kier alpha value is -2.04. The van der Waals surface area contributed by atoms with Crippen LogP contribution in [0.15, 0.2) is 24.3 Å². The van der Waals surface area contributed by atoms with Crippen molar-refractivity contribution in [2.45, 2.75) is 26.2 Å². The van der Waals surface area contributed by atoms with Crippen molar-refractivity contribution >= 4 is 11.8 Å². The van der Waals surface area contributed by atoms with E-state index in [0.717, 1.165) is 0 Å². The molecule has 1 aliphatic rings. The fourth-order valence-corrected chi connectivity index (χ4v) is 2.20. The largest absolute Gasteiger partial charge is 0.484 e. The normalized spacial score (nSPS) is 15.6. The van der Waals surface area contributed by atoms with Gasteiger partial charge < -0.3 is 15.0 Å². The highest BCUT2D eigenvalue weighted by Gasteiger charge is 2.18. The summed E-state index contributed by atoms with van der Waals surface area (Å²) in [6.45, 7) is 5.78. The number of hydrogen-bond donors (Lipinski definition) is 1. The van der Waals surface area contributed by atoms with Crippen molar-refractivity contribution in [2.75, 3.05) is 26.2 Å². The first kappa shape index (κ1) is 15.4. The molecule has 1 aromatic rings. The molecule has 1 fully saturated rings. The topological polar surface area (TPSA) is 58.6 Å². The number of amides is 2. The Kier molecular flexibility index (Phi) is 5.20. The molecule has 21 heavy (non-hydrogen) atoms. The van der Waals surface area contributed by atoms with Gasteiger partial charge in [-0.1, -0.05) is 26.0 Å². The number of rotatable bonds is 4. The van der Waals surface area contributed by atoms with Crippen molar-refractivity contribution in [3.63, 3.8) is 0 Å². The summed E-state index contributed by atoms with van der Waals surface area (Å²) in [5.41, 5.74) is 1.24. The Morgan fingerprint density at radius 3 is 2.67 bits per heavy atom. The summed E-state index contributed by atoms with van der Waals surface area (Å²) in [6.07, 6.45) is 0.356. The summed E-state index contributed by atoms with van der Waals surface area (Å²) in [5, 5.41) is 2.75. The molecule has 2 amide bonds. The smallest absolute Gasteiger partial charge is 0.260 e. The van der Waals surface area contributed by atoms with Crippen LogP contribution in [0.25, 0.3) is 0 Å². The summed E-state index contributed by atoms with van der Waals surface area (Å²) >= 11 is 0. The molecule has 5 nitrogen and oxygen atoms in total. The molecule has 1 aromatic carbocycles. The van der Waals surface area contributed by atoms with Crippen molar-refractivity contribution in [2.24, 2.45) is 0 Å². The fraction of sp³-hybridized carbons (Fsp3) is 0.500. The molecule has 5 heteroatoms. The van der Waals surface area contributed by atoms with Gasteiger partial charge in [-0.2, -0.15) is 0 Å². The first-order valence-corrected chi connectivity index (χ1v) is 7.33. The first-order chi connectivity index (χ1) is 10.1. The van der Waals surface area contributed by atoms with E-state index in [2.05, 4.69) is 19.2 Å². The lowest BCUT2D eigenvalue weighted by Gasteiger charge is -2.19. The second kappa shape index (κ2) is 7.11. The second-order valence-corrected chi connectivity index (χ2v) is 5.49. The lowest BCUT2D eigenvalue weighted by atomic mass is 10.0. The summed E-state index contributed by atoms with van der Waals surface area (Å²) in [4.78, 5) is 25.0. The van der Waals surface area contributed by atoms with Gasteiger partial charge in [-0.15, -0.1) is 0 Å². The molecule has 114 valence electrons. The summed E-state index contributed by atoms with van der Waals surface area (Å²) in [5.74, 6) is 1.08. The van der Waals surface area contributed by atoms with Gasteiger partial charge in [0.25, 0.3) is 5.91 Å². The van der Waals surface area contributed by atoms with Crippen molar-refractivity contribution in [3.05, 3.63) is 29.8 Å². The first-order valence-electron chi connectivity index (χ1n) is 7.33. The van der Waals surface area contributed by atoms with Crippen molar-refractivity contribution in [1.82, 2.24) is 10.2 Å². The van der Waals surface area contributed by atoms with Gasteiger partial charge >= 0.3 is 0 Å². The summed E-state index contributed by atoms with van der Waals surface area (Å²) < 4.78 is 5.53. The van der Waals surface area contributed by atoms with Gasteiger partial charge in [0.2, 0.25) is 5.91 Å². The van der Waals surface area contributed by atoms with Crippen LogP contribution in [0.5, 0.6) is 5.75 Å². The third-order valence-corrected chi connectivity index (χ3v) is 3.57. The van der Waals surface area contributed by atoms with Gasteiger partial charge in [0.05, 0.1) is 0 Å². The molecule has 0 unspecified atom stereocenters. The predicted octanol–water partition coefficient (Wildman–Crippen LogP) is 1.54. The molecule has 0 saturated carbocycles. The second-order valence-electron chi connectivity index (χ2n) is 5.49. The monoisotopic (exact) mass is 290 g/mol. The average molecular weight is 290 g/mol. The van der Waals surface area contributed by atoms with E-state index in [1.54, 1.807) is 4.90 Å². The maximum atomic E-state index is 12.1. The molecule has 0 spiro atoms. The third-order valence-electron chi connectivity index (χ3n) is 3.57. The standard InChI is InChI=1S/C16H22N2O3/c1-12(2)13-3-5-14(6-4-13)21-11-16(20)18-9-7-15(19)17-8-10-18/h3-6,12H,7-11H2,1-2H3,(H,17,19). The van der Waals surface area contributed by atoms with Crippen LogP contribution in [-0.2, 0) is 9.59 Å². The highest BCUT2D eigenvalue weighted by atomic mass is 16.5. The summed E-state index contributed by atoms with van der Waals surface area (Å²) in [7, 11) is 0. The van der Waals surface area contributed by atoms with Gasteiger partial charge in [0, 0.05) is 26.1 Å². The number of carbonyl (C=O) groups is 2. The van der Waals surface area contributed by atoms with E-state index in [1.807, 2.05) is 24.3 Å². The van der Waals surface area contributed by atoms with Crippen molar-refractivity contribution in [1.29, 1.82) is 0 Å². The van der Waals surface area contributed by atoms with E-state index in [-0.39, 0.29) is 18.4 Å². The van der Waals surface area contributed by atoms with Crippen LogP contribution >= 0.6 is 0 Å². The predicted molar refractivity (Wildman–Crippen MR) is 80.2 cm³/mol. The Labute approximate surface area is 125 Å². The lowest BCUT2D eigenvalue weighted by molar-refractivity contribution is -0.133. The Morgan fingerprint density at radius 1 is 1.29 bits per heavy atom. The number of nitrogens with one attached hydrogen (secondary N) is 1. The van der Waals surface area contributed by atoms with Crippen LogP contribution in [0, 0.1) is 0 Å². The van der Waals surface area contributed by atoms with E-state index in [4.69, 9.17) is 4.74 Å². The van der Waals surface area contributed by atoms with Crippen LogP contribution < -0.4 is 10.1 Å². The number of hydrogen-bond acceptors (Lipinski definition) is 3. The van der Waals surface area contributed by atoms with E-state index in [0.29, 0.717) is 37.7 Å². The molecule has 0 atom stereocenters. The average Bonchev–Trinajstić information content (AvgIpc) is 2.70. The molecule has 1 aliphatic heterocycles. The summed E-state index contributed by atoms with van der Waals surface area (Å²) in [6, 6.07) is 7.80. The highest BCUT2D eigenvalue weighted by Crippen LogP contribution is 2.18. The van der Waals surface area contributed by atoms with Crippen molar-refractivity contribution < 1.29 is 14.3 Å². The zero-order valence-electron chi connectivity index (χ0n) is 12.6. The molecular weight excluding hydrogens is 268 g/mol. The van der Waals surface area contributed by atoms with Crippen LogP contribution in [0.3, 0.4) is 0 Å². The van der Waals surface area contributed by atoms with Crippen LogP contribution in [-0.4, -0.2) is 43.0 Å². The third kappa shape index (κ3) is 4.48. The van der Waals surface area contributed by atoms with Crippen molar-refractivity contribution in [3.8, 4) is 5.75 Å². The molecule has 0 aromatic heterocycles. The number of carbonyl (C=O) groups excluding carboxylic acids is 2. The van der Waals surface area contributed by atoms with Crippen LogP contribution in [0.1, 0.15) is 31.7 Å². The van der Waals surface area contributed by atoms with E-state index >= 15 is 0 Å². The Morgan fingerprint density at radius 2 is 2.00 bits per heavy atom. The quantitative estimate of drug-likeness (QED) is 0.915. The molecule has 0 radical (unpaired) electrons. The Bertz CT molecular complexity index is 497. The maximum absolute atomic E-state index is 12.1. The Balaban J connectivity index is 1.84. The van der Waals surface area contributed by atoms with Crippen LogP contribution in [0.4, 0.5) is 0 Å². The molecule has 2 rings (SSSR count). The molecule has 1 heterocycles. The van der Waals surface area contributed by atoms with Gasteiger partial charge in [-0.25, -0.2) is 0 Å². The minimum atomic E-state index is -0.0839. The minimum Gasteiger partial charge on any atom is -0.484 e. The zero-order valence-corrected chi connectivity index (χ0v) is 12.6. The van der Waals surface area contributed by atoms with E-state index in [1.165, 1.54) is 5.56 Å². The van der Waals surface area contributed by atoms with Gasteiger partial charge in [0.1, 0.15) is 5.75 Å². The zero-order chi connectivity index (χ0) is 15.2. The molecule has 1 saturated heterocycles. The number of ether oxygens (including phenoxy) is 1. The molecule has 1 N–H and O–H groups in total. The van der Waals surface area contributed by atoms with Gasteiger partial charge in [-0.05, 0) is 23.6 Å². The van der Waals surface area contributed by atoms with Gasteiger partial charge in [0.15, 0.2) is 6.61 Å². The SMILES string of the molecule is CC(C)c1ccc(OCC(=O)N2CCNC(=O)CC2)cc1. The van der Waals surface area contributed by atoms with Gasteiger partial charge in [-0.3, -0.25) is 9.59 Å². The minimum absolute atomic E-state index is 0.00417. The van der Waals surface area contributed by atoms with E-state index in [9.17, 15) is 9.59 Å². The number of nitrogens with zero attached hydrogens (tertiary/aromatic N) is 1.